The first-order valence-corrected chi connectivity index (χ1v) is 5.94. The predicted octanol–water partition coefficient (Wildman–Crippen LogP) is 3.63. The second kappa shape index (κ2) is 5.45. The van der Waals surface area contributed by atoms with Gasteiger partial charge in [-0.2, -0.15) is 0 Å². The van der Waals surface area contributed by atoms with E-state index in [4.69, 9.17) is 15.2 Å². The number of aryl methyl sites for hydroxylation is 1. The lowest BCUT2D eigenvalue weighted by molar-refractivity contribution is 0.379. The molecule has 0 saturated heterocycles. The van der Waals surface area contributed by atoms with Gasteiger partial charge in [0.25, 0.3) is 0 Å². The van der Waals surface area contributed by atoms with E-state index in [0.29, 0.717) is 17.2 Å². The van der Waals surface area contributed by atoms with Crippen molar-refractivity contribution in [3.05, 3.63) is 48.0 Å². The number of nitrogens with two attached hydrogens (primary N) is 1. The molecular weight excluding hydrogens is 226 g/mol. The summed E-state index contributed by atoms with van der Waals surface area (Å²) in [6.45, 7) is 2.10. The Morgan fingerprint density at radius 2 is 1.78 bits per heavy atom. The Morgan fingerprint density at radius 1 is 1.00 bits per heavy atom. The normalized spacial score (nSPS) is 10.1. The molecule has 0 aliphatic rings. The van der Waals surface area contributed by atoms with Gasteiger partial charge in [0.05, 0.1) is 12.8 Å². The lowest BCUT2D eigenvalue weighted by atomic mass is 10.1. The van der Waals surface area contributed by atoms with Gasteiger partial charge in [0.2, 0.25) is 0 Å². The van der Waals surface area contributed by atoms with Crippen LogP contribution in [0.2, 0.25) is 0 Å². The third kappa shape index (κ3) is 2.56. The quantitative estimate of drug-likeness (QED) is 0.834. The average Bonchev–Trinajstić information content (AvgIpc) is 2.41. The molecule has 3 nitrogen and oxygen atoms in total. The summed E-state index contributed by atoms with van der Waals surface area (Å²) < 4.78 is 11.1. The number of hydrogen-bond donors (Lipinski definition) is 1. The fourth-order valence-electron chi connectivity index (χ4n) is 1.71. The molecule has 2 N–H and O–H groups in total. The number of anilines is 1. The highest BCUT2D eigenvalue weighted by Crippen LogP contribution is 2.34. The number of benzene rings is 2. The smallest absolute Gasteiger partial charge is 0.169 e. The van der Waals surface area contributed by atoms with Gasteiger partial charge >= 0.3 is 0 Å². The van der Waals surface area contributed by atoms with Crippen LogP contribution in [0, 0.1) is 0 Å². The SMILES string of the molecule is CCc1ccc(Oc2ccccc2N)c(OC)c1. The molecule has 0 saturated carbocycles. The molecule has 2 aromatic carbocycles. The van der Waals surface area contributed by atoms with E-state index in [1.54, 1.807) is 7.11 Å². The van der Waals surface area contributed by atoms with Crippen molar-refractivity contribution in [2.75, 3.05) is 12.8 Å². The first kappa shape index (κ1) is 12.3. The molecule has 0 aliphatic carbocycles. The van der Waals surface area contributed by atoms with E-state index < -0.39 is 0 Å². The molecule has 2 aromatic rings. The fraction of sp³-hybridized carbons (Fsp3) is 0.200. The first-order chi connectivity index (χ1) is 8.74. The minimum Gasteiger partial charge on any atom is -0.493 e. The van der Waals surface area contributed by atoms with E-state index in [2.05, 4.69) is 6.92 Å². The Hall–Kier alpha value is -2.16. The fourth-order valence-corrected chi connectivity index (χ4v) is 1.71. The van der Waals surface area contributed by atoms with Crippen LogP contribution in [0.5, 0.6) is 17.2 Å². The summed E-state index contributed by atoms with van der Waals surface area (Å²) in [4.78, 5) is 0. The third-order valence-corrected chi connectivity index (χ3v) is 2.78. The summed E-state index contributed by atoms with van der Waals surface area (Å²) in [7, 11) is 1.63. The van der Waals surface area contributed by atoms with Crippen molar-refractivity contribution in [3.63, 3.8) is 0 Å². The lowest BCUT2D eigenvalue weighted by Crippen LogP contribution is -1.95. The van der Waals surface area contributed by atoms with Gasteiger partial charge in [-0.15, -0.1) is 0 Å². The molecule has 0 bridgehead atoms. The predicted molar refractivity (Wildman–Crippen MR) is 73.3 cm³/mol. The molecule has 2 rings (SSSR count). The van der Waals surface area contributed by atoms with Crippen LogP contribution in [0.15, 0.2) is 42.5 Å². The van der Waals surface area contributed by atoms with Crippen molar-refractivity contribution in [2.24, 2.45) is 0 Å². The van der Waals surface area contributed by atoms with Crippen molar-refractivity contribution in [1.29, 1.82) is 0 Å². The van der Waals surface area contributed by atoms with Crippen molar-refractivity contribution >= 4 is 5.69 Å². The maximum atomic E-state index is 5.85. The van der Waals surface area contributed by atoms with Crippen LogP contribution in [0.3, 0.4) is 0 Å². The zero-order chi connectivity index (χ0) is 13.0. The Balaban J connectivity index is 2.32. The van der Waals surface area contributed by atoms with Crippen LogP contribution in [-0.2, 0) is 6.42 Å². The largest absolute Gasteiger partial charge is 0.493 e. The van der Waals surface area contributed by atoms with Crippen LogP contribution in [0.25, 0.3) is 0 Å². The average molecular weight is 243 g/mol. The highest BCUT2D eigenvalue weighted by Gasteiger charge is 2.08. The first-order valence-electron chi connectivity index (χ1n) is 5.94. The molecule has 18 heavy (non-hydrogen) atoms. The van der Waals surface area contributed by atoms with Crippen LogP contribution in [-0.4, -0.2) is 7.11 Å². The molecule has 3 heteroatoms. The van der Waals surface area contributed by atoms with Gasteiger partial charge < -0.3 is 15.2 Å². The van der Waals surface area contributed by atoms with Crippen molar-refractivity contribution in [1.82, 2.24) is 0 Å². The number of methoxy groups -OCH3 is 1. The van der Waals surface area contributed by atoms with Gasteiger partial charge in [-0.25, -0.2) is 0 Å². The highest BCUT2D eigenvalue weighted by atomic mass is 16.5. The molecule has 0 spiro atoms. The van der Waals surface area contributed by atoms with Crippen molar-refractivity contribution in [2.45, 2.75) is 13.3 Å². The second-order valence-corrected chi connectivity index (χ2v) is 3.98. The molecule has 0 unspecified atom stereocenters. The van der Waals surface area contributed by atoms with Gasteiger partial charge in [-0.3, -0.25) is 0 Å². The van der Waals surface area contributed by atoms with Crippen LogP contribution < -0.4 is 15.2 Å². The maximum absolute atomic E-state index is 5.85. The van der Waals surface area contributed by atoms with Gasteiger partial charge in [-0.1, -0.05) is 25.1 Å². The van der Waals surface area contributed by atoms with Crippen LogP contribution in [0.4, 0.5) is 5.69 Å². The zero-order valence-electron chi connectivity index (χ0n) is 10.6. The van der Waals surface area contributed by atoms with E-state index >= 15 is 0 Å². The van der Waals surface area contributed by atoms with Crippen LogP contribution in [0.1, 0.15) is 12.5 Å². The van der Waals surface area contributed by atoms with E-state index in [0.717, 1.165) is 12.2 Å². The van der Waals surface area contributed by atoms with Crippen molar-refractivity contribution < 1.29 is 9.47 Å². The van der Waals surface area contributed by atoms with Gasteiger partial charge in [0.1, 0.15) is 0 Å². The topological polar surface area (TPSA) is 44.5 Å². The maximum Gasteiger partial charge on any atom is 0.169 e. The molecular formula is C15H17NO2. The monoisotopic (exact) mass is 243 g/mol. The Morgan fingerprint density at radius 3 is 2.44 bits per heavy atom. The van der Waals surface area contributed by atoms with Gasteiger partial charge in [0, 0.05) is 0 Å². The van der Waals surface area contributed by atoms with E-state index in [1.165, 1.54) is 5.56 Å². The number of para-hydroxylation sites is 2. The van der Waals surface area contributed by atoms with Crippen LogP contribution >= 0.6 is 0 Å². The van der Waals surface area contributed by atoms with E-state index in [1.807, 2.05) is 42.5 Å². The summed E-state index contributed by atoms with van der Waals surface area (Å²) in [5.74, 6) is 2.03. The molecule has 0 aromatic heterocycles. The molecule has 0 atom stereocenters. The van der Waals surface area contributed by atoms with Crippen molar-refractivity contribution in [3.8, 4) is 17.2 Å². The Bertz CT molecular complexity index is 538. The minimum atomic E-state index is 0.610. The summed E-state index contributed by atoms with van der Waals surface area (Å²) in [5.41, 5.74) is 7.67. The molecule has 0 aliphatic heterocycles. The number of rotatable bonds is 4. The minimum absolute atomic E-state index is 0.610. The summed E-state index contributed by atoms with van der Waals surface area (Å²) in [6, 6.07) is 13.3. The van der Waals surface area contributed by atoms with Gasteiger partial charge in [0.15, 0.2) is 17.2 Å². The number of nitrogen functional groups attached to an aromatic ring is 1. The molecule has 0 amide bonds. The van der Waals surface area contributed by atoms with Gasteiger partial charge in [-0.05, 0) is 36.2 Å². The molecule has 0 radical (unpaired) electrons. The molecule has 0 heterocycles. The summed E-state index contributed by atoms with van der Waals surface area (Å²) >= 11 is 0. The Labute approximate surface area is 107 Å². The third-order valence-electron chi connectivity index (χ3n) is 2.78. The molecule has 0 fully saturated rings. The highest BCUT2D eigenvalue weighted by molar-refractivity contribution is 5.55. The zero-order valence-corrected chi connectivity index (χ0v) is 10.6. The summed E-state index contributed by atoms with van der Waals surface area (Å²) in [6.07, 6.45) is 0.962. The van der Waals surface area contributed by atoms with E-state index in [-0.39, 0.29) is 0 Å². The lowest BCUT2D eigenvalue weighted by Gasteiger charge is -2.12. The standard InChI is InChI=1S/C15H17NO2/c1-3-11-8-9-14(15(10-11)17-2)18-13-7-5-4-6-12(13)16/h4-10H,3,16H2,1-2H3. The molecule has 94 valence electrons. The second-order valence-electron chi connectivity index (χ2n) is 3.98. The summed E-state index contributed by atoms with van der Waals surface area (Å²) in [5, 5.41) is 0. The number of ether oxygens (including phenoxy) is 2. The number of hydrogen-bond acceptors (Lipinski definition) is 3. The van der Waals surface area contributed by atoms with E-state index in [9.17, 15) is 0 Å². The Kier molecular flexibility index (Phi) is 3.72.